The van der Waals surface area contributed by atoms with Crippen LogP contribution in [-0.4, -0.2) is 19.9 Å². The van der Waals surface area contributed by atoms with Crippen LogP contribution in [0.3, 0.4) is 0 Å². The fourth-order valence-corrected chi connectivity index (χ4v) is 8.61. The second-order valence-corrected chi connectivity index (χ2v) is 14.3. The third-order valence-corrected chi connectivity index (χ3v) is 11.5. The van der Waals surface area contributed by atoms with Gasteiger partial charge in [0.15, 0.2) is 0 Å². The standard InChI is InChI=1S/C47H58N4/c1-9-31(10-2)43-36-22-23-37(48-36)44(32(11-3)12-4)39-26-27-41(50-39)46(34(15-7)16-8)47-35(28-30-20-18-17-19-21-30)29-42(51-47)45(33(13-5)14-6)40-25-24-38(43)49-40/h15,17-27,29,31-33,50-51H,9-14,16,28H2,1-8H3/b34-15+,43-36?,43-38?,44-37?,44-39?,45-40?,45-42?,46-41?,47-46?. The van der Waals surface area contributed by atoms with Crippen LogP contribution in [0.5, 0.6) is 0 Å². The summed E-state index contributed by atoms with van der Waals surface area (Å²) < 4.78 is 0. The summed E-state index contributed by atoms with van der Waals surface area (Å²) in [7, 11) is 0. The van der Waals surface area contributed by atoms with Crippen LogP contribution in [0.1, 0.15) is 174 Å². The Hall–Kier alpha value is -4.44. The second kappa shape index (κ2) is 16.3. The maximum absolute atomic E-state index is 5.54. The molecule has 0 amide bonds. The second-order valence-electron chi connectivity index (χ2n) is 14.3. The molecule has 0 fully saturated rings. The van der Waals surface area contributed by atoms with E-state index in [0.717, 1.165) is 85.2 Å². The molecule has 2 N–H and O–H groups in total. The number of fused-ring (bicyclic) bond motifs is 8. The molecule has 2 aliphatic heterocycles. The lowest BCUT2D eigenvalue weighted by Crippen LogP contribution is -2.03. The summed E-state index contributed by atoms with van der Waals surface area (Å²) in [6, 6.07) is 18.0. The van der Waals surface area contributed by atoms with Gasteiger partial charge in [-0.3, -0.25) is 0 Å². The molecule has 0 saturated carbocycles. The summed E-state index contributed by atoms with van der Waals surface area (Å²) in [5, 5.41) is 0. The molecule has 51 heavy (non-hydrogen) atoms. The number of nitrogens with one attached hydrogen (secondary N) is 2. The van der Waals surface area contributed by atoms with Gasteiger partial charge in [-0.2, -0.15) is 0 Å². The van der Waals surface area contributed by atoms with Crippen LogP contribution in [0.25, 0.3) is 51.9 Å². The van der Waals surface area contributed by atoms with Crippen molar-refractivity contribution in [3.63, 3.8) is 0 Å². The van der Waals surface area contributed by atoms with Gasteiger partial charge < -0.3 is 9.97 Å². The first-order valence-corrected chi connectivity index (χ1v) is 19.8. The number of hydrogen-bond donors (Lipinski definition) is 2. The van der Waals surface area contributed by atoms with Crippen molar-refractivity contribution < 1.29 is 0 Å². The van der Waals surface area contributed by atoms with Crippen molar-refractivity contribution in [2.75, 3.05) is 0 Å². The van der Waals surface area contributed by atoms with E-state index in [1.807, 2.05) is 0 Å². The third-order valence-electron chi connectivity index (χ3n) is 11.5. The van der Waals surface area contributed by atoms with E-state index in [-0.39, 0.29) is 0 Å². The lowest BCUT2D eigenvalue weighted by Gasteiger charge is -2.16. The summed E-state index contributed by atoms with van der Waals surface area (Å²) in [4.78, 5) is 19.1. The third kappa shape index (κ3) is 7.07. The zero-order valence-corrected chi connectivity index (χ0v) is 32.3. The Kier molecular flexibility index (Phi) is 11.6. The smallest absolute Gasteiger partial charge is 0.0694 e. The monoisotopic (exact) mass is 678 g/mol. The van der Waals surface area contributed by atoms with Gasteiger partial charge >= 0.3 is 0 Å². The molecule has 0 atom stereocenters. The van der Waals surface area contributed by atoms with Crippen molar-refractivity contribution in [1.82, 2.24) is 19.9 Å². The molecule has 5 heterocycles. The van der Waals surface area contributed by atoms with Gasteiger partial charge in [-0.15, -0.1) is 0 Å². The molecular formula is C47H58N4. The fourth-order valence-electron chi connectivity index (χ4n) is 8.61. The summed E-state index contributed by atoms with van der Waals surface area (Å²) in [5.41, 5.74) is 18.1. The molecule has 6 rings (SSSR count). The first-order chi connectivity index (χ1) is 24.9. The highest BCUT2D eigenvalue weighted by Crippen LogP contribution is 2.39. The Morgan fingerprint density at radius 3 is 1.59 bits per heavy atom. The van der Waals surface area contributed by atoms with E-state index in [1.165, 1.54) is 50.0 Å². The average molecular weight is 679 g/mol. The van der Waals surface area contributed by atoms with Gasteiger partial charge in [-0.25, -0.2) is 9.97 Å². The van der Waals surface area contributed by atoms with Crippen molar-refractivity contribution in [3.8, 4) is 0 Å². The zero-order chi connectivity index (χ0) is 36.1. The predicted octanol–water partition coefficient (Wildman–Crippen LogP) is 13.8. The predicted molar refractivity (Wildman–Crippen MR) is 222 cm³/mol. The molecule has 266 valence electrons. The van der Waals surface area contributed by atoms with Crippen molar-refractivity contribution >= 4 is 51.9 Å². The summed E-state index contributed by atoms with van der Waals surface area (Å²) in [6.45, 7) is 18.3. The highest BCUT2D eigenvalue weighted by atomic mass is 14.8. The van der Waals surface area contributed by atoms with Gasteiger partial charge in [-0.05, 0) is 135 Å². The maximum atomic E-state index is 5.54. The Labute approximate surface area is 306 Å². The Morgan fingerprint density at radius 1 is 0.588 bits per heavy atom. The highest BCUT2D eigenvalue weighted by Gasteiger charge is 2.24. The molecule has 8 bridgehead atoms. The molecule has 0 unspecified atom stereocenters. The summed E-state index contributed by atoms with van der Waals surface area (Å²) >= 11 is 0. The van der Waals surface area contributed by atoms with Crippen LogP contribution < -0.4 is 0 Å². The molecule has 2 aliphatic rings. The molecule has 3 aromatic heterocycles. The first-order valence-electron chi connectivity index (χ1n) is 19.8. The average Bonchev–Trinajstić information content (AvgIpc) is 3.99. The van der Waals surface area contributed by atoms with Crippen LogP contribution in [-0.2, 0) is 6.42 Å². The van der Waals surface area contributed by atoms with Crippen LogP contribution in [0.2, 0.25) is 0 Å². The van der Waals surface area contributed by atoms with Crippen molar-refractivity contribution in [1.29, 1.82) is 0 Å². The van der Waals surface area contributed by atoms with E-state index in [0.29, 0.717) is 17.8 Å². The largest absolute Gasteiger partial charge is 0.355 e. The molecule has 4 heteroatoms. The summed E-state index contributed by atoms with van der Waals surface area (Å²) in [6.07, 6.45) is 19.4. The number of benzene rings is 1. The van der Waals surface area contributed by atoms with Gasteiger partial charge in [0.05, 0.1) is 28.3 Å². The van der Waals surface area contributed by atoms with E-state index < -0.39 is 0 Å². The normalized spacial score (nSPS) is 13.0. The van der Waals surface area contributed by atoms with E-state index in [4.69, 9.17) is 9.97 Å². The van der Waals surface area contributed by atoms with E-state index in [9.17, 15) is 0 Å². The SMILES string of the molecule is C/C=C(\CC)c1c2ccc([nH]2)c(C(CC)CC)c2nc(c(C(CC)CC)c3nc(c(C(CC)CC)c4cc(Cc5ccccc5)c1[nH]4)C=C3)C=C2. The molecule has 0 radical (unpaired) electrons. The molecule has 0 aliphatic carbocycles. The first kappa shape index (κ1) is 36.4. The Morgan fingerprint density at radius 2 is 1.08 bits per heavy atom. The minimum Gasteiger partial charge on any atom is -0.355 e. The number of aromatic amines is 2. The lowest BCUT2D eigenvalue weighted by atomic mass is 9.91. The number of allylic oxidation sites excluding steroid dienone is 2. The van der Waals surface area contributed by atoms with Gasteiger partial charge in [0.2, 0.25) is 0 Å². The summed E-state index contributed by atoms with van der Waals surface area (Å²) in [5.74, 6) is 1.13. The van der Waals surface area contributed by atoms with E-state index in [1.54, 1.807) is 0 Å². The van der Waals surface area contributed by atoms with Gasteiger partial charge in [0.25, 0.3) is 0 Å². The highest BCUT2D eigenvalue weighted by molar-refractivity contribution is 5.93. The van der Waals surface area contributed by atoms with Gasteiger partial charge in [0, 0.05) is 38.8 Å². The molecule has 4 aromatic rings. The number of aromatic nitrogens is 4. The number of H-pyrrole nitrogens is 2. The van der Waals surface area contributed by atoms with Crippen LogP contribution in [0.15, 0.2) is 54.6 Å². The number of nitrogens with zero attached hydrogens (tertiary/aromatic N) is 2. The topological polar surface area (TPSA) is 57.4 Å². The molecular weight excluding hydrogens is 621 g/mol. The Bertz CT molecular complexity index is 2090. The van der Waals surface area contributed by atoms with Gasteiger partial charge in [-0.1, -0.05) is 84.9 Å². The van der Waals surface area contributed by atoms with Crippen LogP contribution in [0.4, 0.5) is 0 Å². The van der Waals surface area contributed by atoms with E-state index >= 15 is 0 Å². The van der Waals surface area contributed by atoms with Gasteiger partial charge in [0.1, 0.15) is 0 Å². The van der Waals surface area contributed by atoms with Crippen LogP contribution in [0, 0.1) is 0 Å². The van der Waals surface area contributed by atoms with Crippen molar-refractivity contribution in [3.05, 3.63) is 111 Å². The van der Waals surface area contributed by atoms with Crippen molar-refractivity contribution in [2.45, 2.75) is 125 Å². The maximum Gasteiger partial charge on any atom is 0.0694 e. The molecule has 0 spiro atoms. The molecule has 1 aromatic carbocycles. The number of rotatable bonds is 13. The fraction of sp³-hybridized carbons (Fsp3) is 0.404. The minimum absolute atomic E-state index is 0.369. The number of hydrogen-bond acceptors (Lipinski definition) is 2. The zero-order valence-electron chi connectivity index (χ0n) is 32.3. The Balaban J connectivity index is 1.88. The molecule has 0 saturated heterocycles. The lowest BCUT2D eigenvalue weighted by molar-refractivity contribution is 0.633. The van der Waals surface area contributed by atoms with E-state index in [2.05, 4.69) is 144 Å². The van der Waals surface area contributed by atoms with Crippen LogP contribution >= 0.6 is 0 Å². The van der Waals surface area contributed by atoms with Crippen molar-refractivity contribution in [2.24, 2.45) is 0 Å². The molecule has 4 nitrogen and oxygen atoms in total. The minimum atomic E-state index is 0.369. The quantitative estimate of drug-likeness (QED) is 0.128.